The van der Waals surface area contributed by atoms with Crippen molar-refractivity contribution in [1.29, 1.82) is 0 Å². The molecule has 9 nitrogen and oxygen atoms in total. The zero-order chi connectivity index (χ0) is 20.1. The van der Waals surface area contributed by atoms with E-state index in [1.807, 2.05) is 47.8 Å². The summed E-state index contributed by atoms with van der Waals surface area (Å²) in [6, 6.07) is 14.8. The van der Waals surface area contributed by atoms with E-state index in [4.69, 9.17) is 4.52 Å². The number of nitrogens with one attached hydrogen (secondary N) is 3. The molecule has 0 aliphatic carbocycles. The van der Waals surface area contributed by atoms with E-state index < -0.39 is 5.91 Å². The largest absolute Gasteiger partial charge is 0.339 e. The number of amides is 2. The van der Waals surface area contributed by atoms with Crippen molar-refractivity contribution < 1.29 is 14.1 Å². The molecular formula is C19H16N6O3S. The Morgan fingerprint density at radius 1 is 1.10 bits per heavy atom. The number of thiophene rings is 1. The summed E-state index contributed by atoms with van der Waals surface area (Å²) in [5.74, 6) is -0.0176. The van der Waals surface area contributed by atoms with Crippen LogP contribution in [0.4, 0.5) is 0 Å². The highest BCUT2D eigenvalue weighted by Gasteiger charge is 2.14. The minimum Gasteiger partial charge on any atom is -0.339 e. The molecule has 3 aromatic heterocycles. The molecule has 0 saturated heterocycles. The zero-order valence-corrected chi connectivity index (χ0v) is 15.9. The van der Waals surface area contributed by atoms with E-state index in [-0.39, 0.29) is 24.4 Å². The molecule has 1 aromatic carbocycles. The maximum Gasteiger partial charge on any atom is 0.287 e. The lowest BCUT2D eigenvalue weighted by atomic mass is 10.1. The number of hydrogen-bond donors (Lipinski definition) is 3. The van der Waals surface area contributed by atoms with Gasteiger partial charge < -0.3 is 4.52 Å². The van der Waals surface area contributed by atoms with Crippen molar-refractivity contribution in [3.8, 4) is 22.0 Å². The topological polar surface area (TPSA) is 126 Å². The Bertz CT molecular complexity index is 1100. The number of aromatic amines is 1. The smallest absolute Gasteiger partial charge is 0.287 e. The van der Waals surface area contributed by atoms with Gasteiger partial charge in [0.2, 0.25) is 17.6 Å². The minimum absolute atomic E-state index is 0.0879. The molecular weight excluding hydrogens is 392 g/mol. The molecule has 0 radical (unpaired) electrons. The van der Waals surface area contributed by atoms with Crippen molar-refractivity contribution in [1.82, 2.24) is 31.2 Å². The van der Waals surface area contributed by atoms with Gasteiger partial charge in [0, 0.05) is 18.4 Å². The Morgan fingerprint density at radius 2 is 1.97 bits per heavy atom. The monoisotopic (exact) mass is 408 g/mol. The van der Waals surface area contributed by atoms with Crippen LogP contribution in [0.1, 0.15) is 22.8 Å². The van der Waals surface area contributed by atoms with Gasteiger partial charge in [-0.15, -0.1) is 11.3 Å². The van der Waals surface area contributed by atoms with Gasteiger partial charge in [0.05, 0.1) is 10.6 Å². The van der Waals surface area contributed by atoms with Crippen LogP contribution in [0.2, 0.25) is 0 Å². The molecule has 3 N–H and O–H groups in total. The van der Waals surface area contributed by atoms with Crippen LogP contribution in [0.3, 0.4) is 0 Å². The van der Waals surface area contributed by atoms with Gasteiger partial charge in [-0.1, -0.05) is 41.6 Å². The molecule has 0 atom stereocenters. The lowest BCUT2D eigenvalue weighted by molar-refractivity contribution is -0.121. The summed E-state index contributed by atoms with van der Waals surface area (Å²) in [6.45, 7) is 0. The van der Waals surface area contributed by atoms with Gasteiger partial charge >= 0.3 is 0 Å². The Balaban J connectivity index is 1.25. The normalized spacial score (nSPS) is 10.6. The second kappa shape index (κ2) is 8.48. The van der Waals surface area contributed by atoms with E-state index in [9.17, 15) is 9.59 Å². The summed E-state index contributed by atoms with van der Waals surface area (Å²) in [5.41, 5.74) is 6.47. The fourth-order valence-corrected chi connectivity index (χ4v) is 3.18. The summed E-state index contributed by atoms with van der Waals surface area (Å²) in [6.07, 6.45) is 0.354. The second-order valence-electron chi connectivity index (χ2n) is 6.02. The van der Waals surface area contributed by atoms with E-state index in [1.54, 1.807) is 6.07 Å². The van der Waals surface area contributed by atoms with Crippen molar-refractivity contribution in [2.45, 2.75) is 12.8 Å². The third-order valence-electron chi connectivity index (χ3n) is 3.98. The molecule has 0 aliphatic rings. The minimum atomic E-state index is -0.495. The lowest BCUT2D eigenvalue weighted by Crippen LogP contribution is -2.41. The van der Waals surface area contributed by atoms with Gasteiger partial charge in [-0.2, -0.15) is 10.1 Å². The average Bonchev–Trinajstić information content (AvgIpc) is 3.52. The van der Waals surface area contributed by atoms with Crippen molar-refractivity contribution in [2.24, 2.45) is 0 Å². The molecule has 29 heavy (non-hydrogen) atoms. The van der Waals surface area contributed by atoms with Gasteiger partial charge in [-0.3, -0.25) is 25.5 Å². The first-order chi connectivity index (χ1) is 14.2. The number of hydrogen-bond acceptors (Lipinski definition) is 7. The van der Waals surface area contributed by atoms with Crippen molar-refractivity contribution in [2.75, 3.05) is 0 Å². The van der Waals surface area contributed by atoms with Gasteiger partial charge in [-0.25, -0.2) is 0 Å². The van der Waals surface area contributed by atoms with Crippen molar-refractivity contribution in [3.05, 3.63) is 65.5 Å². The highest BCUT2D eigenvalue weighted by molar-refractivity contribution is 7.13. The molecule has 3 heterocycles. The number of carbonyl (C=O) groups is 2. The summed E-state index contributed by atoms with van der Waals surface area (Å²) in [4.78, 5) is 29.3. The number of rotatable bonds is 6. The van der Waals surface area contributed by atoms with Crippen LogP contribution in [-0.4, -0.2) is 32.2 Å². The molecule has 146 valence electrons. The Hall–Kier alpha value is -3.79. The fraction of sp³-hybridized carbons (Fsp3) is 0.105. The van der Waals surface area contributed by atoms with Gasteiger partial charge in [0.25, 0.3) is 5.91 Å². The first-order valence-electron chi connectivity index (χ1n) is 8.75. The highest BCUT2D eigenvalue weighted by atomic mass is 32.1. The molecule has 0 spiro atoms. The fourth-order valence-electron chi connectivity index (χ4n) is 2.53. The van der Waals surface area contributed by atoms with Crippen molar-refractivity contribution >= 4 is 23.2 Å². The predicted molar refractivity (Wildman–Crippen MR) is 106 cm³/mol. The number of hydrazine groups is 1. The predicted octanol–water partition coefficient (Wildman–Crippen LogP) is 2.58. The quantitative estimate of drug-likeness (QED) is 0.421. The molecule has 4 rings (SSSR count). The Labute approximate surface area is 169 Å². The summed E-state index contributed by atoms with van der Waals surface area (Å²) < 4.78 is 5.14. The molecule has 2 amide bonds. The molecule has 0 saturated carbocycles. The third-order valence-corrected chi connectivity index (χ3v) is 4.85. The number of carbonyl (C=O) groups excluding carboxylic acids is 2. The van der Waals surface area contributed by atoms with Gasteiger partial charge in [-0.05, 0) is 17.5 Å². The maximum absolute atomic E-state index is 12.2. The third kappa shape index (κ3) is 4.55. The number of aromatic nitrogens is 4. The number of H-pyrrole nitrogens is 1. The van der Waals surface area contributed by atoms with Gasteiger partial charge in [0.1, 0.15) is 5.69 Å². The average molecular weight is 408 g/mol. The Kier molecular flexibility index (Phi) is 5.43. The van der Waals surface area contributed by atoms with E-state index in [0.29, 0.717) is 17.4 Å². The van der Waals surface area contributed by atoms with Crippen LogP contribution >= 0.6 is 11.3 Å². The number of aryl methyl sites for hydroxylation is 1. The standard InChI is InChI=1S/C19H16N6O3S/c26-16(8-9-17-20-18(25-28-17)15-7-4-10-29-15)23-24-19(27)14-11-13(21-22-14)12-5-2-1-3-6-12/h1-7,10-11H,8-9H2,(H,21,22)(H,23,26)(H,24,27). The second-order valence-corrected chi connectivity index (χ2v) is 6.97. The SMILES string of the molecule is O=C(CCc1nc(-c2cccs2)no1)NNC(=O)c1cc(-c2ccccc2)n[nH]1. The molecule has 0 aliphatic heterocycles. The molecule has 0 bridgehead atoms. The highest BCUT2D eigenvalue weighted by Crippen LogP contribution is 2.21. The van der Waals surface area contributed by atoms with E-state index in [2.05, 4.69) is 31.2 Å². The summed E-state index contributed by atoms with van der Waals surface area (Å²) >= 11 is 1.50. The van der Waals surface area contributed by atoms with Crippen LogP contribution in [0.25, 0.3) is 22.0 Å². The van der Waals surface area contributed by atoms with Gasteiger partial charge in [0.15, 0.2) is 0 Å². The molecule has 10 heteroatoms. The summed E-state index contributed by atoms with van der Waals surface area (Å²) in [5, 5.41) is 12.6. The first kappa shape index (κ1) is 18.6. The maximum atomic E-state index is 12.2. The summed E-state index contributed by atoms with van der Waals surface area (Å²) in [7, 11) is 0. The number of benzene rings is 1. The van der Waals surface area contributed by atoms with E-state index in [1.165, 1.54) is 11.3 Å². The van der Waals surface area contributed by atoms with Crippen LogP contribution in [-0.2, 0) is 11.2 Å². The molecule has 0 fully saturated rings. The first-order valence-corrected chi connectivity index (χ1v) is 9.63. The van der Waals surface area contributed by atoms with Crippen LogP contribution in [0.5, 0.6) is 0 Å². The molecule has 0 unspecified atom stereocenters. The van der Waals surface area contributed by atoms with E-state index >= 15 is 0 Å². The van der Waals surface area contributed by atoms with Crippen LogP contribution in [0.15, 0.2) is 58.4 Å². The molecule has 4 aromatic rings. The van der Waals surface area contributed by atoms with Crippen LogP contribution < -0.4 is 10.9 Å². The van der Waals surface area contributed by atoms with Crippen molar-refractivity contribution in [3.63, 3.8) is 0 Å². The number of nitrogens with zero attached hydrogens (tertiary/aromatic N) is 3. The lowest BCUT2D eigenvalue weighted by Gasteiger charge is -2.04. The van der Waals surface area contributed by atoms with E-state index in [0.717, 1.165) is 10.4 Å². The Morgan fingerprint density at radius 3 is 2.76 bits per heavy atom. The van der Waals surface area contributed by atoms with Crippen LogP contribution in [0, 0.1) is 0 Å². The zero-order valence-electron chi connectivity index (χ0n) is 15.1.